The lowest BCUT2D eigenvalue weighted by Crippen LogP contribution is -2.31. The Bertz CT molecular complexity index is 676. The Morgan fingerprint density at radius 2 is 1.83 bits per heavy atom. The molecule has 0 radical (unpaired) electrons. The van der Waals surface area contributed by atoms with Crippen LogP contribution < -0.4 is 9.47 Å². The second-order valence-electron chi connectivity index (χ2n) is 4.87. The van der Waals surface area contributed by atoms with Gasteiger partial charge in [0.2, 0.25) is 0 Å². The molecule has 0 aliphatic heterocycles. The van der Waals surface area contributed by atoms with Gasteiger partial charge in [0.15, 0.2) is 0 Å². The molecule has 1 amide bonds. The van der Waals surface area contributed by atoms with Crippen LogP contribution in [0.2, 0.25) is 5.02 Å². The summed E-state index contributed by atoms with van der Waals surface area (Å²) in [7, 11) is 3.34. The van der Waals surface area contributed by atoms with E-state index in [0.717, 1.165) is 16.0 Å². The fourth-order valence-electron chi connectivity index (χ4n) is 1.94. The zero-order valence-electron chi connectivity index (χ0n) is 12.9. The van der Waals surface area contributed by atoms with Crippen molar-refractivity contribution in [2.24, 2.45) is 0 Å². The molecule has 122 valence electrons. The number of benzene rings is 2. The summed E-state index contributed by atoms with van der Waals surface area (Å²) in [5, 5.41) is 0.423. The Hall–Kier alpha value is -1.72. The van der Waals surface area contributed by atoms with Gasteiger partial charge >= 0.3 is 0 Å². The average Bonchev–Trinajstić information content (AvgIpc) is 2.55. The molecule has 0 aromatic heterocycles. The van der Waals surface area contributed by atoms with E-state index in [1.165, 1.54) is 0 Å². The number of amides is 1. The standard InChI is InChI=1S/C17H17BrClNO3/c1-20(17(21)15-8-3-12(18)11-16(15)19)9-10-23-14-6-4-13(22-2)5-7-14/h3-8,11H,9-10H2,1-2H3. The van der Waals surface area contributed by atoms with Crippen molar-refractivity contribution in [3.63, 3.8) is 0 Å². The number of hydrogen-bond donors (Lipinski definition) is 0. The minimum atomic E-state index is -0.138. The van der Waals surface area contributed by atoms with Crippen LogP contribution in [0.4, 0.5) is 0 Å². The van der Waals surface area contributed by atoms with E-state index < -0.39 is 0 Å². The molecule has 0 fully saturated rings. The molecule has 0 saturated carbocycles. The predicted octanol–water partition coefficient (Wildman–Crippen LogP) is 4.26. The molecular weight excluding hydrogens is 382 g/mol. The van der Waals surface area contributed by atoms with Gasteiger partial charge in [-0.25, -0.2) is 0 Å². The Morgan fingerprint density at radius 1 is 1.17 bits per heavy atom. The van der Waals surface area contributed by atoms with E-state index in [0.29, 0.717) is 23.7 Å². The van der Waals surface area contributed by atoms with Gasteiger partial charge in [0.25, 0.3) is 5.91 Å². The van der Waals surface area contributed by atoms with Crippen molar-refractivity contribution in [2.75, 3.05) is 27.3 Å². The smallest absolute Gasteiger partial charge is 0.255 e. The minimum Gasteiger partial charge on any atom is -0.497 e. The van der Waals surface area contributed by atoms with Gasteiger partial charge in [-0.2, -0.15) is 0 Å². The largest absolute Gasteiger partial charge is 0.497 e. The molecule has 2 rings (SSSR count). The lowest BCUT2D eigenvalue weighted by molar-refractivity contribution is 0.0774. The van der Waals surface area contributed by atoms with E-state index in [-0.39, 0.29) is 5.91 Å². The summed E-state index contributed by atoms with van der Waals surface area (Å²) < 4.78 is 11.5. The SMILES string of the molecule is COc1ccc(OCCN(C)C(=O)c2ccc(Br)cc2Cl)cc1. The summed E-state index contributed by atoms with van der Waals surface area (Å²) >= 11 is 9.43. The molecule has 0 unspecified atom stereocenters. The molecule has 23 heavy (non-hydrogen) atoms. The molecule has 0 spiro atoms. The molecule has 0 aliphatic rings. The molecule has 0 atom stereocenters. The Balaban J connectivity index is 1.88. The zero-order valence-corrected chi connectivity index (χ0v) is 15.2. The first-order chi connectivity index (χ1) is 11.0. The van der Waals surface area contributed by atoms with Gasteiger partial charge in [0.05, 0.1) is 24.2 Å². The summed E-state index contributed by atoms with van der Waals surface area (Å²) in [5.74, 6) is 1.36. The highest BCUT2D eigenvalue weighted by atomic mass is 79.9. The van der Waals surface area contributed by atoms with E-state index >= 15 is 0 Å². The third kappa shape index (κ3) is 4.88. The summed E-state index contributed by atoms with van der Waals surface area (Å²) in [4.78, 5) is 13.9. The van der Waals surface area contributed by atoms with Crippen molar-refractivity contribution in [3.05, 3.63) is 57.5 Å². The summed E-state index contributed by atoms with van der Waals surface area (Å²) in [6.45, 7) is 0.847. The number of hydrogen-bond acceptors (Lipinski definition) is 3. The Kier molecular flexibility index (Phi) is 6.30. The van der Waals surface area contributed by atoms with Crippen molar-refractivity contribution in [3.8, 4) is 11.5 Å². The van der Waals surface area contributed by atoms with Crippen LogP contribution in [0.3, 0.4) is 0 Å². The van der Waals surface area contributed by atoms with E-state index in [2.05, 4.69) is 15.9 Å². The molecule has 4 nitrogen and oxygen atoms in total. The van der Waals surface area contributed by atoms with E-state index in [4.69, 9.17) is 21.1 Å². The first-order valence-corrected chi connectivity index (χ1v) is 8.15. The number of rotatable bonds is 6. The van der Waals surface area contributed by atoms with Gasteiger partial charge in [-0.1, -0.05) is 27.5 Å². The number of methoxy groups -OCH3 is 1. The van der Waals surface area contributed by atoms with Gasteiger partial charge in [0, 0.05) is 11.5 Å². The highest BCUT2D eigenvalue weighted by Crippen LogP contribution is 2.22. The van der Waals surface area contributed by atoms with Crippen molar-refractivity contribution in [2.45, 2.75) is 0 Å². The number of ether oxygens (including phenoxy) is 2. The van der Waals surface area contributed by atoms with Gasteiger partial charge in [-0.15, -0.1) is 0 Å². The van der Waals surface area contributed by atoms with Crippen LogP contribution in [0, 0.1) is 0 Å². The van der Waals surface area contributed by atoms with E-state index in [1.807, 2.05) is 24.3 Å². The monoisotopic (exact) mass is 397 g/mol. The molecule has 0 saturated heterocycles. The van der Waals surface area contributed by atoms with E-state index in [1.54, 1.807) is 37.3 Å². The number of likely N-dealkylation sites (N-methyl/N-ethyl adjacent to an activating group) is 1. The number of halogens is 2. The Morgan fingerprint density at radius 3 is 2.43 bits per heavy atom. The number of carbonyl (C=O) groups excluding carboxylic acids is 1. The Labute approximate surface area is 149 Å². The van der Waals surface area contributed by atoms with Crippen LogP contribution in [-0.4, -0.2) is 38.1 Å². The fourth-order valence-corrected chi connectivity index (χ4v) is 2.70. The molecule has 0 bridgehead atoms. The average molecular weight is 399 g/mol. The van der Waals surface area contributed by atoms with Crippen molar-refractivity contribution >= 4 is 33.4 Å². The number of nitrogens with zero attached hydrogens (tertiary/aromatic N) is 1. The van der Waals surface area contributed by atoms with Crippen molar-refractivity contribution in [1.29, 1.82) is 0 Å². The molecule has 0 heterocycles. The first-order valence-electron chi connectivity index (χ1n) is 6.98. The van der Waals surface area contributed by atoms with Crippen LogP contribution >= 0.6 is 27.5 Å². The molecule has 2 aromatic rings. The third-order valence-electron chi connectivity index (χ3n) is 3.26. The van der Waals surface area contributed by atoms with Gasteiger partial charge in [-0.05, 0) is 42.5 Å². The van der Waals surface area contributed by atoms with Crippen LogP contribution in [-0.2, 0) is 0 Å². The molecule has 2 aromatic carbocycles. The molecular formula is C17H17BrClNO3. The quantitative estimate of drug-likeness (QED) is 0.730. The third-order valence-corrected chi connectivity index (χ3v) is 4.07. The molecule has 6 heteroatoms. The topological polar surface area (TPSA) is 38.8 Å². The van der Waals surface area contributed by atoms with Crippen LogP contribution in [0.5, 0.6) is 11.5 Å². The fraction of sp³-hybridized carbons (Fsp3) is 0.235. The first kappa shape index (κ1) is 17.6. The van der Waals surface area contributed by atoms with Crippen molar-refractivity contribution < 1.29 is 14.3 Å². The highest BCUT2D eigenvalue weighted by molar-refractivity contribution is 9.10. The van der Waals surface area contributed by atoms with Gasteiger partial charge in [-0.3, -0.25) is 4.79 Å². The summed E-state index contributed by atoms with van der Waals surface area (Å²) in [5.41, 5.74) is 0.474. The molecule has 0 N–H and O–H groups in total. The zero-order chi connectivity index (χ0) is 16.8. The second kappa shape index (κ2) is 8.22. The van der Waals surface area contributed by atoms with Gasteiger partial charge < -0.3 is 14.4 Å². The predicted molar refractivity (Wildman–Crippen MR) is 94.6 cm³/mol. The van der Waals surface area contributed by atoms with Gasteiger partial charge in [0.1, 0.15) is 18.1 Å². The minimum absolute atomic E-state index is 0.138. The van der Waals surface area contributed by atoms with Crippen molar-refractivity contribution in [1.82, 2.24) is 4.90 Å². The van der Waals surface area contributed by atoms with Crippen LogP contribution in [0.1, 0.15) is 10.4 Å². The van der Waals surface area contributed by atoms with E-state index in [9.17, 15) is 4.79 Å². The lowest BCUT2D eigenvalue weighted by Gasteiger charge is -2.18. The summed E-state index contributed by atoms with van der Waals surface area (Å²) in [6.07, 6.45) is 0. The van der Waals surface area contributed by atoms with Crippen LogP contribution in [0.25, 0.3) is 0 Å². The maximum absolute atomic E-state index is 12.4. The maximum Gasteiger partial charge on any atom is 0.255 e. The summed E-state index contributed by atoms with van der Waals surface area (Å²) in [6, 6.07) is 12.5. The maximum atomic E-state index is 12.4. The van der Waals surface area contributed by atoms with Crippen LogP contribution in [0.15, 0.2) is 46.9 Å². The normalized spacial score (nSPS) is 10.3. The second-order valence-corrected chi connectivity index (χ2v) is 6.20. The number of carbonyl (C=O) groups is 1. The lowest BCUT2D eigenvalue weighted by atomic mass is 10.2. The highest BCUT2D eigenvalue weighted by Gasteiger charge is 2.15. The molecule has 0 aliphatic carbocycles.